The average molecular weight is 625 g/mol. The predicted molar refractivity (Wildman–Crippen MR) is 143 cm³/mol. The second-order valence-electron chi connectivity index (χ2n) is 10.5. The summed E-state index contributed by atoms with van der Waals surface area (Å²) in [5.74, 6) is -2.86. The minimum Gasteiger partial charge on any atom is -0.504 e. The van der Waals surface area contributed by atoms with Crippen LogP contribution in [0.1, 0.15) is 22.8 Å². The average Bonchev–Trinajstić information content (AvgIpc) is 3.30. The number of methoxy groups -OCH3 is 1. The van der Waals surface area contributed by atoms with Crippen molar-refractivity contribution in [2.45, 2.75) is 68.3 Å². The maximum absolute atomic E-state index is 13.1. The summed E-state index contributed by atoms with van der Waals surface area (Å²) in [5.41, 5.74) is 0.146. The highest BCUT2D eigenvalue weighted by Gasteiger charge is 2.50. The molecule has 3 heterocycles. The third kappa shape index (κ3) is 5.74. The number of carbonyl (C=O) groups is 1. The van der Waals surface area contributed by atoms with Gasteiger partial charge in [0.25, 0.3) is 0 Å². The number of aliphatic hydroxyl groups excluding tert-OH is 6. The second-order valence-corrected chi connectivity index (χ2v) is 10.5. The van der Waals surface area contributed by atoms with Crippen LogP contribution < -0.4 is 14.2 Å². The lowest BCUT2D eigenvalue weighted by Crippen LogP contribution is -2.64. The number of hydrogen-bond donors (Lipinski definition) is 9. The maximum Gasteiger partial charge on any atom is 0.235 e. The molecule has 44 heavy (non-hydrogen) atoms. The van der Waals surface area contributed by atoms with Crippen LogP contribution in [0.5, 0.6) is 34.5 Å². The first-order valence-corrected chi connectivity index (χ1v) is 13.4. The molecular weight excluding hydrogens is 592 g/mol. The molecule has 10 unspecified atom stereocenters. The highest BCUT2D eigenvalue weighted by molar-refractivity contribution is 6.16. The number of rotatable bonds is 7. The number of carbonyl (C=O) groups excluding carboxylic acids is 1. The molecule has 0 bridgehead atoms. The van der Waals surface area contributed by atoms with Crippen molar-refractivity contribution >= 4 is 11.9 Å². The van der Waals surface area contributed by atoms with Gasteiger partial charge in [-0.05, 0) is 30.7 Å². The van der Waals surface area contributed by atoms with Gasteiger partial charge in [-0.25, -0.2) is 0 Å². The van der Waals surface area contributed by atoms with E-state index >= 15 is 0 Å². The lowest BCUT2D eigenvalue weighted by atomic mass is 9.97. The summed E-state index contributed by atoms with van der Waals surface area (Å²) in [6.07, 6.45) is -14.0. The SMILES string of the molecule is COc1cc(OC2OC(CO)C(OC3OC(C)C(O)C(O)C3O)C(O)C2O)cc2c1C(=O)C(=Cc1cc(O)c(O)c(O)c1)O2. The fourth-order valence-electron chi connectivity index (χ4n) is 5.08. The Morgan fingerprint density at radius 1 is 0.864 bits per heavy atom. The van der Waals surface area contributed by atoms with Crippen LogP contribution in [0.25, 0.3) is 6.08 Å². The number of fused-ring (bicyclic) bond motifs is 1. The van der Waals surface area contributed by atoms with E-state index in [-0.39, 0.29) is 34.1 Å². The summed E-state index contributed by atoms with van der Waals surface area (Å²) in [6.45, 7) is 0.690. The van der Waals surface area contributed by atoms with E-state index < -0.39 is 91.1 Å². The fourth-order valence-corrected chi connectivity index (χ4v) is 5.08. The number of aromatic hydroxyl groups is 3. The first-order valence-electron chi connectivity index (χ1n) is 13.4. The van der Waals surface area contributed by atoms with E-state index in [1.807, 2.05) is 0 Å². The topological polar surface area (TPSA) is 255 Å². The van der Waals surface area contributed by atoms with Crippen LogP contribution in [0.2, 0.25) is 0 Å². The summed E-state index contributed by atoms with van der Waals surface area (Å²) in [4.78, 5) is 13.1. The van der Waals surface area contributed by atoms with E-state index in [4.69, 9.17) is 28.4 Å². The summed E-state index contributed by atoms with van der Waals surface area (Å²) < 4.78 is 33.4. The van der Waals surface area contributed by atoms with Gasteiger partial charge in [-0.2, -0.15) is 0 Å². The van der Waals surface area contributed by atoms with Crippen molar-refractivity contribution in [2.24, 2.45) is 0 Å². The predicted octanol–water partition coefficient (Wildman–Crippen LogP) is -1.54. The summed E-state index contributed by atoms with van der Waals surface area (Å²) >= 11 is 0. The Morgan fingerprint density at radius 3 is 2.16 bits per heavy atom. The van der Waals surface area contributed by atoms with Gasteiger partial charge in [0.1, 0.15) is 65.5 Å². The highest BCUT2D eigenvalue weighted by Crippen LogP contribution is 2.43. The summed E-state index contributed by atoms with van der Waals surface area (Å²) in [7, 11) is 1.28. The van der Waals surface area contributed by atoms with Gasteiger partial charge < -0.3 is 74.4 Å². The molecule has 0 saturated carbocycles. The first kappa shape index (κ1) is 31.7. The molecule has 10 atom stereocenters. The maximum atomic E-state index is 13.1. The second kappa shape index (κ2) is 12.4. The van der Waals surface area contributed by atoms with Gasteiger partial charge in [-0.1, -0.05) is 0 Å². The van der Waals surface area contributed by atoms with Crippen LogP contribution in [0, 0.1) is 0 Å². The van der Waals surface area contributed by atoms with Crippen molar-refractivity contribution in [1.82, 2.24) is 0 Å². The zero-order chi connectivity index (χ0) is 32.0. The van der Waals surface area contributed by atoms with Gasteiger partial charge in [0, 0.05) is 12.1 Å². The van der Waals surface area contributed by atoms with E-state index in [2.05, 4.69) is 0 Å². The highest BCUT2D eigenvalue weighted by atomic mass is 16.7. The van der Waals surface area contributed by atoms with Crippen molar-refractivity contribution in [3.63, 3.8) is 0 Å². The van der Waals surface area contributed by atoms with Gasteiger partial charge in [-0.3, -0.25) is 4.79 Å². The number of benzene rings is 2. The Labute approximate surface area is 249 Å². The molecular formula is C28H32O16. The fraction of sp³-hybridized carbons (Fsp3) is 0.464. The molecule has 240 valence electrons. The van der Waals surface area contributed by atoms with E-state index in [9.17, 15) is 50.8 Å². The van der Waals surface area contributed by atoms with E-state index in [0.717, 1.165) is 12.1 Å². The third-order valence-corrected chi connectivity index (χ3v) is 7.49. The molecule has 0 aliphatic carbocycles. The van der Waals surface area contributed by atoms with Crippen molar-refractivity contribution in [2.75, 3.05) is 13.7 Å². The van der Waals surface area contributed by atoms with Crippen LogP contribution in [0.3, 0.4) is 0 Å². The van der Waals surface area contributed by atoms with Crippen LogP contribution in [-0.2, 0) is 14.2 Å². The molecule has 16 nitrogen and oxygen atoms in total. The lowest BCUT2D eigenvalue weighted by Gasteiger charge is -2.45. The molecule has 0 spiro atoms. The monoisotopic (exact) mass is 624 g/mol. The van der Waals surface area contributed by atoms with Crippen molar-refractivity contribution in [3.8, 4) is 34.5 Å². The summed E-state index contributed by atoms with van der Waals surface area (Å²) in [5, 5.41) is 91.0. The van der Waals surface area contributed by atoms with Crippen molar-refractivity contribution in [3.05, 3.63) is 41.2 Å². The van der Waals surface area contributed by atoms with Gasteiger partial charge in [0.15, 0.2) is 29.3 Å². The van der Waals surface area contributed by atoms with Gasteiger partial charge >= 0.3 is 0 Å². The third-order valence-electron chi connectivity index (χ3n) is 7.49. The van der Waals surface area contributed by atoms with Crippen LogP contribution in [0.4, 0.5) is 0 Å². The molecule has 0 radical (unpaired) electrons. The van der Waals surface area contributed by atoms with Gasteiger partial charge in [-0.15, -0.1) is 0 Å². The summed E-state index contributed by atoms with van der Waals surface area (Å²) in [6, 6.07) is 4.77. The van der Waals surface area contributed by atoms with Crippen LogP contribution in [-0.4, -0.2) is 127 Å². The molecule has 0 amide bonds. The molecule has 2 aromatic rings. The Morgan fingerprint density at radius 2 is 1.52 bits per heavy atom. The largest absolute Gasteiger partial charge is 0.504 e. The molecule has 2 aromatic carbocycles. The van der Waals surface area contributed by atoms with Crippen molar-refractivity contribution < 1.29 is 79.2 Å². The number of hydrogen-bond acceptors (Lipinski definition) is 16. The van der Waals surface area contributed by atoms with E-state index in [0.29, 0.717) is 0 Å². The number of phenolic OH excluding ortho intramolecular Hbond substituents is 3. The van der Waals surface area contributed by atoms with Crippen LogP contribution >= 0.6 is 0 Å². The molecule has 5 rings (SSSR count). The lowest BCUT2D eigenvalue weighted by molar-refractivity contribution is -0.349. The number of aliphatic hydroxyl groups is 6. The normalized spacial score (nSPS) is 34.5. The van der Waals surface area contributed by atoms with E-state index in [1.54, 1.807) is 0 Å². The van der Waals surface area contributed by atoms with Gasteiger partial charge in [0.2, 0.25) is 12.1 Å². The van der Waals surface area contributed by atoms with Crippen molar-refractivity contribution in [1.29, 1.82) is 0 Å². The molecule has 0 aromatic heterocycles. The Balaban J connectivity index is 1.34. The number of ether oxygens (including phenoxy) is 6. The van der Waals surface area contributed by atoms with Gasteiger partial charge in [0.05, 0.1) is 19.8 Å². The Bertz CT molecular complexity index is 1400. The molecule has 2 saturated heterocycles. The first-order chi connectivity index (χ1) is 20.8. The minimum absolute atomic E-state index is 0.00589. The van der Waals surface area contributed by atoms with Crippen LogP contribution in [0.15, 0.2) is 30.0 Å². The number of ketones is 1. The standard InChI is InChI=1S/C28H32O16/c1-9-19(32)22(35)24(37)27(40-9)44-26-17(8-29)43-28(25(38)23(26)36)41-11-6-14(39-2)18-15(7-11)42-16(21(18)34)5-10-3-12(30)20(33)13(31)4-10/h3-7,9,17,19,22-33,35-38H,8H2,1-2H3. The smallest absolute Gasteiger partial charge is 0.235 e. The number of phenols is 3. The zero-order valence-electron chi connectivity index (χ0n) is 23.3. The number of Topliss-reactive ketones (excluding diaryl/α,β-unsaturated/α-hetero) is 1. The minimum atomic E-state index is -1.79. The zero-order valence-corrected chi connectivity index (χ0v) is 23.3. The molecule has 3 aliphatic heterocycles. The molecule has 16 heteroatoms. The van der Waals surface area contributed by atoms with E-state index in [1.165, 1.54) is 32.2 Å². The molecule has 9 N–H and O–H groups in total. The molecule has 3 aliphatic rings. The Kier molecular flexibility index (Phi) is 8.90. The Hall–Kier alpha value is -3.71. The number of allylic oxidation sites excluding steroid dienone is 1. The molecule has 2 fully saturated rings. The quantitative estimate of drug-likeness (QED) is 0.125.